The van der Waals surface area contributed by atoms with Gasteiger partial charge in [0.1, 0.15) is 0 Å². The molecular formula is C15H19N5. The number of fused-ring (bicyclic) bond motifs is 1. The highest BCUT2D eigenvalue weighted by molar-refractivity contribution is 5.74. The Morgan fingerprint density at radius 2 is 2.15 bits per heavy atom. The number of aromatic nitrogens is 4. The van der Waals surface area contributed by atoms with Gasteiger partial charge in [-0.1, -0.05) is 12.1 Å². The number of para-hydroxylation sites is 2. The van der Waals surface area contributed by atoms with Crippen LogP contribution in [0.3, 0.4) is 0 Å². The molecule has 0 amide bonds. The van der Waals surface area contributed by atoms with Gasteiger partial charge in [0.25, 0.3) is 0 Å². The predicted molar refractivity (Wildman–Crippen MR) is 79.3 cm³/mol. The maximum absolute atomic E-state index is 4.40. The summed E-state index contributed by atoms with van der Waals surface area (Å²) < 4.78 is 4.04. The van der Waals surface area contributed by atoms with Crippen LogP contribution in [0.2, 0.25) is 0 Å². The van der Waals surface area contributed by atoms with Crippen LogP contribution in [0.5, 0.6) is 0 Å². The summed E-state index contributed by atoms with van der Waals surface area (Å²) >= 11 is 0. The highest BCUT2D eigenvalue weighted by Crippen LogP contribution is 2.11. The summed E-state index contributed by atoms with van der Waals surface area (Å²) in [6, 6.07) is 8.24. The highest BCUT2D eigenvalue weighted by atomic mass is 15.2. The van der Waals surface area contributed by atoms with E-state index < -0.39 is 0 Å². The third-order valence-corrected chi connectivity index (χ3v) is 3.37. The molecule has 1 N–H and O–H groups in total. The first kappa shape index (κ1) is 12.9. The Balaban J connectivity index is 1.46. The monoisotopic (exact) mass is 269 g/mol. The van der Waals surface area contributed by atoms with Crippen molar-refractivity contribution in [3.05, 3.63) is 48.5 Å². The van der Waals surface area contributed by atoms with Crippen LogP contribution >= 0.6 is 0 Å². The van der Waals surface area contributed by atoms with E-state index in [4.69, 9.17) is 0 Å². The van der Waals surface area contributed by atoms with Crippen molar-refractivity contribution < 1.29 is 0 Å². The molecule has 0 saturated carbocycles. The smallest absolute Gasteiger partial charge is 0.0958 e. The normalized spacial score (nSPS) is 11.2. The van der Waals surface area contributed by atoms with Gasteiger partial charge in [-0.3, -0.25) is 4.68 Å². The number of aryl methyl sites for hydroxylation is 2. The number of nitrogens with zero attached hydrogens (tertiary/aromatic N) is 4. The van der Waals surface area contributed by atoms with Crippen molar-refractivity contribution in [2.45, 2.75) is 19.5 Å². The Labute approximate surface area is 118 Å². The van der Waals surface area contributed by atoms with Gasteiger partial charge in [0.2, 0.25) is 0 Å². The first-order valence-corrected chi connectivity index (χ1v) is 6.91. The third-order valence-electron chi connectivity index (χ3n) is 3.37. The fourth-order valence-electron chi connectivity index (χ4n) is 2.36. The van der Waals surface area contributed by atoms with Crippen LogP contribution in [0.25, 0.3) is 11.0 Å². The lowest BCUT2D eigenvalue weighted by atomic mass is 10.3. The topological polar surface area (TPSA) is 47.7 Å². The van der Waals surface area contributed by atoms with Gasteiger partial charge < -0.3 is 9.88 Å². The molecule has 2 heterocycles. The molecule has 104 valence electrons. The molecular weight excluding hydrogens is 250 g/mol. The van der Waals surface area contributed by atoms with Gasteiger partial charge in [-0.2, -0.15) is 5.10 Å². The average molecular weight is 269 g/mol. The minimum absolute atomic E-state index is 0.874. The fourth-order valence-corrected chi connectivity index (χ4v) is 2.36. The standard InChI is InChI=1S/C15H19N5/c1-19-11-13(10-18-19)9-16-7-4-8-20-12-17-14-5-2-3-6-15(14)20/h2-3,5-6,10-12,16H,4,7-9H2,1H3. The van der Waals surface area contributed by atoms with Crippen molar-refractivity contribution in [1.82, 2.24) is 24.6 Å². The van der Waals surface area contributed by atoms with Crippen LogP contribution < -0.4 is 5.32 Å². The summed E-state index contributed by atoms with van der Waals surface area (Å²) in [5.74, 6) is 0. The van der Waals surface area contributed by atoms with Gasteiger partial charge in [-0.15, -0.1) is 0 Å². The summed E-state index contributed by atoms with van der Waals surface area (Å²) in [5, 5.41) is 7.59. The maximum atomic E-state index is 4.40. The van der Waals surface area contributed by atoms with Crippen LogP contribution in [-0.4, -0.2) is 25.9 Å². The molecule has 3 rings (SSSR count). The van der Waals surface area contributed by atoms with Crippen LogP contribution in [0.1, 0.15) is 12.0 Å². The number of hydrogen-bond acceptors (Lipinski definition) is 3. The predicted octanol–water partition coefficient (Wildman–Crippen LogP) is 1.95. The summed E-state index contributed by atoms with van der Waals surface area (Å²) in [6.07, 6.45) is 6.94. The van der Waals surface area contributed by atoms with Crippen molar-refractivity contribution in [3.63, 3.8) is 0 Å². The maximum Gasteiger partial charge on any atom is 0.0958 e. The lowest BCUT2D eigenvalue weighted by Crippen LogP contribution is -2.16. The van der Waals surface area contributed by atoms with E-state index in [2.05, 4.69) is 32.1 Å². The van der Waals surface area contributed by atoms with Gasteiger partial charge >= 0.3 is 0 Å². The second-order valence-electron chi connectivity index (χ2n) is 4.98. The highest BCUT2D eigenvalue weighted by Gasteiger charge is 2.00. The van der Waals surface area contributed by atoms with Crippen LogP contribution in [0.15, 0.2) is 43.0 Å². The van der Waals surface area contributed by atoms with Crippen molar-refractivity contribution in [2.75, 3.05) is 6.54 Å². The molecule has 0 aliphatic rings. The van der Waals surface area contributed by atoms with Gasteiger partial charge in [0, 0.05) is 31.9 Å². The van der Waals surface area contributed by atoms with E-state index in [9.17, 15) is 0 Å². The van der Waals surface area contributed by atoms with Crippen LogP contribution in [0, 0.1) is 0 Å². The van der Waals surface area contributed by atoms with Crippen molar-refractivity contribution >= 4 is 11.0 Å². The lowest BCUT2D eigenvalue weighted by molar-refractivity contribution is 0.588. The van der Waals surface area contributed by atoms with E-state index >= 15 is 0 Å². The Morgan fingerprint density at radius 3 is 3.00 bits per heavy atom. The minimum Gasteiger partial charge on any atom is -0.331 e. The number of rotatable bonds is 6. The summed E-state index contributed by atoms with van der Waals surface area (Å²) in [6.45, 7) is 2.85. The Kier molecular flexibility index (Phi) is 3.78. The molecule has 5 nitrogen and oxygen atoms in total. The zero-order chi connectivity index (χ0) is 13.8. The van der Waals surface area contributed by atoms with E-state index in [1.54, 1.807) is 0 Å². The van der Waals surface area contributed by atoms with Crippen molar-refractivity contribution in [2.24, 2.45) is 7.05 Å². The molecule has 0 unspecified atom stereocenters. The molecule has 1 aromatic carbocycles. The van der Waals surface area contributed by atoms with Gasteiger partial charge in [-0.25, -0.2) is 4.98 Å². The van der Waals surface area contributed by atoms with E-state index in [1.165, 1.54) is 11.1 Å². The number of benzene rings is 1. The Hall–Kier alpha value is -2.14. The largest absolute Gasteiger partial charge is 0.331 e. The molecule has 2 aromatic heterocycles. The molecule has 0 aliphatic carbocycles. The van der Waals surface area contributed by atoms with E-state index in [-0.39, 0.29) is 0 Å². The van der Waals surface area contributed by atoms with Crippen molar-refractivity contribution in [3.8, 4) is 0 Å². The molecule has 3 aromatic rings. The Morgan fingerprint density at radius 1 is 1.25 bits per heavy atom. The minimum atomic E-state index is 0.874. The van der Waals surface area contributed by atoms with Crippen LogP contribution in [-0.2, 0) is 20.1 Å². The zero-order valence-electron chi connectivity index (χ0n) is 11.7. The number of hydrogen-bond donors (Lipinski definition) is 1. The zero-order valence-corrected chi connectivity index (χ0v) is 11.7. The molecule has 0 fully saturated rings. The quantitative estimate of drug-likeness (QED) is 0.696. The van der Waals surface area contributed by atoms with E-state index in [0.29, 0.717) is 0 Å². The summed E-state index contributed by atoms with van der Waals surface area (Å²) in [5.41, 5.74) is 3.50. The van der Waals surface area contributed by atoms with E-state index in [1.807, 2.05) is 42.6 Å². The third kappa shape index (κ3) is 2.88. The average Bonchev–Trinajstić information content (AvgIpc) is 3.05. The summed E-state index contributed by atoms with van der Waals surface area (Å²) in [7, 11) is 1.94. The van der Waals surface area contributed by atoms with E-state index in [0.717, 1.165) is 31.6 Å². The van der Waals surface area contributed by atoms with Crippen LogP contribution in [0.4, 0.5) is 0 Å². The van der Waals surface area contributed by atoms with Gasteiger partial charge in [0.05, 0.1) is 23.6 Å². The Bertz CT molecular complexity index is 682. The lowest BCUT2D eigenvalue weighted by Gasteiger charge is -2.05. The molecule has 0 bridgehead atoms. The molecule has 5 heteroatoms. The molecule has 0 aliphatic heterocycles. The molecule has 0 spiro atoms. The molecule has 0 radical (unpaired) electrons. The van der Waals surface area contributed by atoms with Crippen molar-refractivity contribution in [1.29, 1.82) is 0 Å². The van der Waals surface area contributed by atoms with Gasteiger partial charge in [-0.05, 0) is 25.1 Å². The molecule has 20 heavy (non-hydrogen) atoms. The second kappa shape index (κ2) is 5.88. The number of imidazole rings is 1. The SMILES string of the molecule is Cn1cc(CNCCCn2cnc3ccccc32)cn1. The van der Waals surface area contributed by atoms with Gasteiger partial charge in [0.15, 0.2) is 0 Å². The first-order valence-electron chi connectivity index (χ1n) is 6.91. The molecule has 0 saturated heterocycles. The fraction of sp³-hybridized carbons (Fsp3) is 0.333. The second-order valence-corrected chi connectivity index (χ2v) is 4.98. The molecule has 0 atom stereocenters. The number of nitrogens with one attached hydrogen (secondary N) is 1. The summed E-state index contributed by atoms with van der Waals surface area (Å²) in [4.78, 5) is 4.40. The first-order chi connectivity index (χ1) is 9.83.